The minimum Gasteiger partial charge on any atom is -0.507 e. The van der Waals surface area contributed by atoms with Gasteiger partial charge in [0.1, 0.15) is 10.8 Å². The van der Waals surface area contributed by atoms with E-state index in [0.29, 0.717) is 10.6 Å². The molecule has 0 bridgehead atoms. The van der Waals surface area contributed by atoms with E-state index in [0.717, 1.165) is 0 Å². The largest absolute Gasteiger partial charge is 0.507 e. The topological polar surface area (TPSA) is 69.9 Å². The molecule has 1 heterocycles. The third kappa shape index (κ3) is 1.90. The Morgan fingerprint density at radius 2 is 2.12 bits per heavy atom. The summed E-state index contributed by atoms with van der Waals surface area (Å²) in [5.74, 6) is -0.794. The molecule has 1 aliphatic rings. The van der Waals surface area contributed by atoms with Crippen LogP contribution in [0.2, 0.25) is 0 Å². The molecule has 2 atom stereocenters. The molecule has 0 amide bonds. The molecule has 84 valence electrons. The molecule has 2 N–H and O–H groups in total. The van der Waals surface area contributed by atoms with Crippen LogP contribution in [-0.4, -0.2) is 32.5 Å². The summed E-state index contributed by atoms with van der Waals surface area (Å²) in [5, 5.41) is 19.1. The van der Waals surface area contributed by atoms with Gasteiger partial charge in [-0.1, -0.05) is 19.1 Å². The molecule has 0 aromatic heterocycles. The van der Waals surface area contributed by atoms with Crippen LogP contribution in [0.4, 0.5) is 0 Å². The molecule has 2 unspecified atom stereocenters. The minimum absolute atomic E-state index is 0.105. The first-order valence-corrected chi connectivity index (χ1v) is 5.73. The SMILES string of the molecule is CC1SC(c2ccccc2O)=NC1C(=O)O. The normalized spacial score (nSPS) is 24.2. The van der Waals surface area contributed by atoms with Crippen molar-refractivity contribution >= 4 is 22.8 Å². The number of hydrogen-bond donors (Lipinski definition) is 2. The van der Waals surface area contributed by atoms with Crippen LogP contribution in [0.15, 0.2) is 29.3 Å². The number of carboxylic acids is 1. The summed E-state index contributed by atoms with van der Waals surface area (Å²) >= 11 is 1.38. The smallest absolute Gasteiger partial charge is 0.329 e. The summed E-state index contributed by atoms with van der Waals surface area (Å²) in [6.45, 7) is 1.82. The summed E-state index contributed by atoms with van der Waals surface area (Å²) < 4.78 is 0. The zero-order valence-corrected chi connectivity index (χ0v) is 9.44. The number of aliphatic carboxylic acids is 1. The first-order valence-electron chi connectivity index (χ1n) is 4.85. The highest BCUT2D eigenvalue weighted by Gasteiger charge is 2.33. The molecule has 4 nitrogen and oxygen atoms in total. The van der Waals surface area contributed by atoms with Gasteiger partial charge in [-0.05, 0) is 12.1 Å². The average Bonchev–Trinajstić information content (AvgIpc) is 2.61. The van der Waals surface area contributed by atoms with E-state index in [4.69, 9.17) is 5.11 Å². The van der Waals surface area contributed by atoms with E-state index < -0.39 is 12.0 Å². The number of benzene rings is 1. The molecule has 0 radical (unpaired) electrons. The van der Waals surface area contributed by atoms with Crippen molar-refractivity contribution in [2.75, 3.05) is 0 Å². The second kappa shape index (κ2) is 4.17. The zero-order valence-electron chi connectivity index (χ0n) is 8.62. The number of para-hydroxylation sites is 1. The van der Waals surface area contributed by atoms with Crippen LogP contribution in [0.1, 0.15) is 12.5 Å². The van der Waals surface area contributed by atoms with Gasteiger partial charge in [0.2, 0.25) is 0 Å². The van der Waals surface area contributed by atoms with Gasteiger partial charge in [0.15, 0.2) is 6.04 Å². The van der Waals surface area contributed by atoms with Gasteiger partial charge in [0.05, 0.1) is 0 Å². The monoisotopic (exact) mass is 237 g/mol. The Hall–Kier alpha value is -1.49. The highest BCUT2D eigenvalue weighted by Crippen LogP contribution is 2.33. The Balaban J connectivity index is 2.34. The van der Waals surface area contributed by atoms with Crippen LogP contribution >= 0.6 is 11.8 Å². The van der Waals surface area contributed by atoms with Gasteiger partial charge in [0.25, 0.3) is 0 Å². The summed E-state index contributed by atoms with van der Waals surface area (Å²) in [6.07, 6.45) is 0. The maximum absolute atomic E-state index is 10.9. The molecule has 0 saturated heterocycles. The molecule has 0 saturated carbocycles. The van der Waals surface area contributed by atoms with Crippen molar-refractivity contribution in [3.8, 4) is 5.75 Å². The van der Waals surface area contributed by atoms with Crippen LogP contribution in [0.25, 0.3) is 0 Å². The Morgan fingerprint density at radius 3 is 2.69 bits per heavy atom. The third-order valence-electron chi connectivity index (χ3n) is 2.39. The van der Waals surface area contributed by atoms with E-state index in [1.54, 1.807) is 24.3 Å². The van der Waals surface area contributed by atoms with Crippen LogP contribution in [0.3, 0.4) is 0 Å². The van der Waals surface area contributed by atoms with E-state index in [-0.39, 0.29) is 11.0 Å². The number of aliphatic imine (C=N–C) groups is 1. The maximum Gasteiger partial charge on any atom is 0.329 e. The fraction of sp³-hybridized carbons (Fsp3) is 0.273. The van der Waals surface area contributed by atoms with Gasteiger partial charge < -0.3 is 10.2 Å². The standard InChI is InChI=1S/C11H11NO3S/c1-6-9(11(14)15)12-10(16-6)7-4-2-3-5-8(7)13/h2-6,9,13H,1H3,(H,14,15). The van der Waals surface area contributed by atoms with Gasteiger partial charge in [-0.15, -0.1) is 11.8 Å². The Morgan fingerprint density at radius 1 is 1.44 bits per heavy atom. The van der Waals surface area contributed by atoms with Crippen molar-refractivity contribution < 1.29 is 15.0 Å². The predicted octanol–water partition coefficient (Wildman–Crippen LogP) is 1.73. The van der Waals surface area contributed by atoms with E-state index in [1.165, 1.54) is 11.8 Å². The van der Waals surface area contributed by atoms with Crippen molar-refractivity contribution in [3.63, 3.8) is 0 Å². The second-order valence-corrected chi connectivity index (χ2v) is 4.92. The van der Waals surface area contributed by atoms with Crippen molar-refractivity contribution in [3.05, 3.63) is 29.8 Å². The molecule has 0 fully saturated rings. The van der Waals surface area contributed by atoms with Gasteiger partial charge in [-0.2, -0.15) is 0 Å². The van der Waals surface area contributed by atoms with Crippen molar-refractivity contribution in [2.45, 2.75) is 18.2 Å². The average molecular weight is 237 g/mol. The van der Waals surface area contributed by atoms with Crippen LogP contribution < -0.4 is 0 Å². The van der Waals surface area contributed by atoms with Crippen molar-refractivity contribution in [1.29, 1.82) is 0 Å². The number of phenols is 1. The van der Waals surface area contributed by atoms with Crippen LogP contribution in [0.5, 0.6) is 5.75 Å². The first kappa shape index (κ1) is 11.0. The van der Waals surface area contributed by atoms with Crippen molar-refractivity contribution in [1.82, 2.24) is 0 Å². The fourth-order valence-electron chi connectivity index (χ4n) is 1.55. The lowest BCUT2D eigenvalue weighted by atomic mass is 10.2. The van der Waals surface area contributed by atoms with Gasteiger partial charge in [-0.25, -0.2) is 4.79 Å². The lowest BCUT2D eigenvalue weighted by molar-refractivity contribution is -0.138. The first-order chi connectivity index (χ1) is 7.59. The van der Waals surface area contributed by atoms with Gasteiger partial charge in [-0.3, -0.25) is 4.99 Å². The fourth-order valence-corrected chi connectivity index (χ4v) is 2.68. The quantitative estimate of drug-likeness (QED) is 0.821. The number of aromatic hydroxyl groups is 1. The predicted molar refractivity (Wildman–Crippen MR) is 63.1 cm³/mol. The molecule has 1 aliphatic heterocycles. The maximum atomic E-state index is 10.9. The van der Waals surface area contributed by atoms with Crippen LogP contribution in [-0.2, 0) is 4.79 Å². The van der Waals surface area contributed by atoms with E-state index >= 15 is 0 Å². The zero-order chi connectivity index (χ0) is 11.7. The Bertz CT molecular complexity index is 458. The molecule has 16 heavy (non-hydrogen) atoms. The summed E-state index contributed by atoms with van der Waals surface area (Å²) in [6, 6.07) is 6.09. The third-order valence-corrected chi connectivity index (χ3v) is 3.56. The molecule has 5 heteroatoms. The van der Waals surface area contributed by atoms with Crippen LogP contribution in [0, 0.1) is 0 Å². The number of rotatable bonds is 2. The molecule has 1 aromatic rings. The van der Waals surface area contributed by atoms with E-state index in [9.17, 15) is 9.90 Å². The Kier molecular flexibility index (Phi) is 2.87. The molecule has 0 aliphatic carbocycles. The molecular weight excluding hydrogens is 226 g/mol. The number of phenolic OH excluding ortho intramolecular Hbond substituents is 1. The van der Waals surface area contributed by atoms with Crippen molar-refractivity contribution in [2.24, 2.45) is 4.99 Å². The molecule has 0 spiro atoms. The van der Waals surface area contributed by atoms with E-state index in [2.05, 4.69) is 4.99 Å². The number of carboxylic acid groups (broad SMARTS) is 1. The van der Waals surface area contributed by atoms with Gasteiger partial charge in [0, 0.05) is 10.8 Å². The summed E-state index contributed by atoms with van der Waals surface area (Å²) in [4.78, 5) is 15.0. The number of nitrogens with zero attached hydrogens (tertiary/aromatic N) is 1. The minimum atomic E-state index is -0.926. The molecule has 1 aromatic carbocycles. The number of carbonyl (C=O) groups is 1. The lowest BCUT2D eigenvalue weighted by Crippen LogP contribution is -2.24. The van der Waals surface area contributed by atoms with Gasteiger partial charge >= 0.3 is 5.97 Å². The highest BCUT2D eigenvalue weighted by molar-refractivity contribution is 8.15. The summed E-state index contributed by atoms with van der Waals surface area (Å²) in [5.41, 5.74) is 0.600. The summed E-state index contributed by atoms with van der Waals surface area (Å²) in [7, 11) is 0. The number of thioether (sulfide) groups is 1. The number of hydrogen-bond acceptors (Lipinski definition) is 4. The second-order valence-electron chi connectivity index (χ2n) is 3.56. The highest BCUT2D eigenvalue weighted by atomic mass is 32.2. The molecular formula is C11H11NO3S. The van der Waals surface area contributed by atoms with E-state index in [1.807, 2.05) is 6.92 Å². The lowest BCUT2D eigenvalue weighted by Gasteiger charge is -2.05. The molecule has 2 rings (SSSR count). The Labute approximate surface area is 97.0 Å².